The third-order valence-corrected chi connectivity index (χ3v) is 5.64. The van der Waals surface area contributed by atoms with E-state index in [0.717, 1.165) is 59.5 Å². The lowest BCUT2D eigenvalue weighted by Gasteiger charge is -2.33. The second kappa shape index (κ2) is 8.00. The van der Waals surface area contributed by atoms with Crippen LogP contribution in [0.1, 0.15) is 24.1 Å². The van der Waals surface area contributed by atoms with Crippen molar-refractivity contribution >= 4 is 34.8 Å². The Bertz CT molecular complexity index is 937. The first-order valence-corrected chi connectivity index (χ1v) is 9.77. The Labute approximate surface area is 168 Å². The molecule has 1 aliphatic rings. The van der Waals surface area contributed by atoms with Crippen molar-refractivity contribution in [3.05, 3.63) is 51.9 Å². The number of hydrogen-bond acceptors (Lipinski definition) is 5. The van der Waals surface area contributed by atoms with E-state index in [0.29, 0.717) is 18.3 Å². The smallest absolute Gasteiger partial charge is 0.254 e. The van der Waals surface area contributed by atoms with Gasteiger partial charge in [-0.25, -0.2) is 4.98 Å². The third-order valence-electron chi connectivity index (χ3n) is 5.03. The molecule has 0 radical (unpaired) electrons. The number of piperidine rings is 1. The van der Waals surface area contributed by atoms with Crippen LogP contribution < -0.4 is 4.90 Å². The van der Waals surface area contributed by atoms with E-state index < -0.39 is 0 Å². The third kappa shape index (κ3) is 4.03. The summed E-state index contributed by atoms with van der Waals surface area (Å²) in [6, 6.07) is 7.74. The molecule has 1 saturated heterocycles. The number of aromatic nitrogens is 4. The highest BCUT2D eigenvalue weighted by Crippen LogP contribution is 2.29. The molecule has 0 unspecified atom stereocenters. The molecule has 8 heteroatoms. The lowest BCUT2D eigenvalue weighted by Crippen LogP contribution is -2.35. The minimum atomic E-state index is 0.458. The van der Waals surface area contributed by atoms with E-state index in [4.69, 9.17) is 27.9 Å². The largest absolute Gasteiger partial charge is 0.378 e. The SMILES string of the molecule is COCc1cc(N2CCC(Cc3cc(Cl)ccc3Cl)CC2)n2ncnc2n1. The molecule has 1 aliphatic heterocycles. The van der Waals surface area contributed by atoms with Crippen LogP contribution in [0, 0.1) is 5.92 Å². The maximum atomic E-state index is 6.33. The van der Waals surface area contributed by atoms with Crippen molar-refractivity contribution in [2.75, 3.05) is 25.1 Å². The van der Waals surface area contributed by atoms with Crippen molar-refractivity contribution in [1.82, 2.24) is 19.6 Å². The molecule has 0 spiro atoms. The lowest BCUT2D eigenvalue weighted by atomic mass is 9.90. The molecule has 0 bridgehead atoms. The maximum Gasteiger partial charge on any atom is 0.254 e. The first kappa shape index (κ1) is 18.5. The van der Waals surface area contributed by atoms with Crippen LogP contribution in [-0.2, 0) is 17.8 Å². The quantitative estimate of drug-likeness (QED) is 0.640. The van der Waals surface area contributed by atoms with Crippen LogP contribution in [0.2, 0.25) is 10.0 Å². The predicted molar refractivity (Wildman–Crippen MR) is 107 cm³/mol. The van der Waals surface area contributed by atoms with Crippen LogP contribution >= 0.6 is 23.2 Å². The molecule has 1 aromatic carbocycles. The normalized spacial score (nSPS) is 15.6. The Morgan fingerprint density at radius 3 is 2.78 bits per heavy atom. The molecule has 2 aromatic heterocycles. The fourth-order valence-corrected chi connectivity index (χ4v) is 4.06. The summed E-state index contributed by atoms with van der Waals surface area (Å²) in [5, 5.41) is 5.87. The minimum Gasteiger partial charge on any atom is -0.378 e. The summed E-state index contributed by atoms with van der Waals surface area (Å²) in [5.41, 5.74) is 1.99. The Kier molecular flexibility index (Phi) is 5.48. The number of nitrogens with zero attached hydrogens (tertiary/aromatic N) is 5. The van der Waals surface area contributed by atoms with Gasteiger partial charge in [0.25, 0.3) is 5.78 Å². The number of anilines is 1. The number of rotatable bonds is 5. The van der Waals surface area contributed by atoms with Gasteiger partial charge in [0.2, 0.25) is 0 Å². The molecule has 3 aromatic rings. The summed E-state index contributed by atoms with van der Waals surface area (Å²) in [6.45, 7) is 2.36. The van der Waals surface area contributed by atoms with Gasteiger partial charge in [-0.3, -0.25) is 0 Å². The second-order valence-corrected chi connectivity index (χ2v) is 7.72. The van der Waals surface area contributed by atoms with E-state index in [-0.39, 0.29) is 0 Å². The summed E-state index contributed by atoms with van der Waals surface area (Å²) in [4.78, 5) is 11.1. The molecule has 142 valence electrons. The van der Waals surface area contributed by atoms with E-state index in [2.05, 4.69) is 20.0 Å². The molecule has 0 N–H and O–H groups in total. The van der Waals surface area contributed by atoms with Gasteiger partial charge < -0.3 is 9.64 Å². The summed E-state index contributed by atoms with van der Waals surface area (Å²) in [6.07, 6.45) is 4.66. The summed E-state index contributed by atoms with van der Waals surface area (Å²) in [7, 11) is 1.67. The van der Waals surface area contributed by atoms with Gasteiger partial charge in [-0.1, -0.05) is 23.2 Å². The molecule has 3 heterocycles. The van der Waals surface area contributed by atoms with Crippen molar-refractivity contribution in [2.24, 2.45) is 5.92 Å². The highest BCUT2D eigenvalue weighted by atomic mass is 35.5. The summed E-state index contributed by atoms with van der Waals surface area (Å²) >= 11 is 12.5. The first-order valence-electron chi connectivity index (χ1n) is 9.01. The van der Waals surface area contributed by atoms with Crippen LogP contribution in [-0.4, -0.2) is 39.8 Å². The highest BCUT2D eigenvalue weighted by molar-refractivity contribution is 6.33. The molecular weight excluding hydrogens is 385 g/mol. The molecule has 0 aliphatic carbocycles. The van der Waals surface area contributed by atoms with Crippen molar-refractivity contribution in [1.29, 1.82) is 0 Å². The average Bonchev–Trinajstić information content (AvgIpc) is 3.14. The number of halogens is 2. The Balaban J connectivity index is 1.48. The number of methoxy groups -OCH3 is 1. The van der Waals surface area contributed by atoms with Gasteiger partial charge in [0.1, 0.15) is 12.1 Å². The van der Waals surface area contributed by atoms with Crippen molar-refractivity contribution in [3.63, 3.8) is 0 Å². The van der Waals surface area contributed by atoms with Crippen molar-refractivity contribution in [2.45, 2.75) is 25.9 Å². The van der Waals surface area contributed by atoms with Crippen LogP contribution in [0.3, 0.4) is 0 Å². The van der Waals surface area contributed by atoms with Gasteiger partial charge in [-0.15, -0.1) is 0 Å². The van der Waals surface area contributed by atoms with Gasteiger partial charge in [-0.05, 0) is 48.9 Å². The topological polar surface area (TPSA) is 55.6 Å². The van der Waals surface area contributed by atoms with Crippen molar-refractivity contribution in [3.8, 4) is 0 Å². The predicted octanol–water partition coefficient (Wildman–Crippen LogP) is 4.04. The van der Waals surface area contributed by atoms with Crippen LogP contribution in [0.5, 0.6) is 0 Å². The fourth-order valence-electron chi connectivity index (χ4n) is 3.67. The van der Waals surface area contributed by atoms with Crippen LogP contribution in [0.15, 0.2) is 30.6 Å². The monoisotopic (exact) mass is 405 g/mol. The fraction of sp³-hybridized carbons (Fsp3) is 0.421. The Morgan fingerprint density at radius 1 is 1.19 bits per heavy atom. The Hall–Kier alpha value is -1.89. The number of ether oxygens (including phenoxy) is 1. The maximum absolute atomic E-state index is 6.33. The lowest BCUT2D eigenvalue weighted by molar-refractivity contribution is 0.181. The molecule has 0 saturated carbocycles. The highest BCUT2D eigenvalue weighted by Gasteiger charge is 2.23. The first-order chi connectivity index (χ1) is 13.1. The van der Waals surface area contributed by atoms with E-state index in [9.17, 15) is 0 Å². The van der Waals surface area contributed by atoms with Gasteiger partial charge >= 0.3 is 0 Å². The van der Waals surface area contributed by atoms with Crippen molar-refractivity contribution < 1.29 is 4.74 Å². The molecule has 0 amide bonds. The standard InChI is InChI=1S/C19H21Cl2N5O/c1-27-11-16-10-18(26-19(24-16)22-12-23-26)25-6-4-13(5-7-25)8-14-9-15(20)2-3-17(14)21/h2-3,9-10,12-13H,4-8,11H2,1H3. The molecule has 6 nitrogen and oxygen atoms in total. The Morgan fingerprint density at radius 2 is 2.00 bits per heavy atom. The van der Waals surface area contributed by atoms with Gasteiger partial charge in [0.05, 0.1) is 12.3 Å². The summed E-state index contributed by atoms with van der Waals surface area (Å²) < 4.78 is 7.04. The molecule has 1 fully saturated rings. The minimum absolute atomic E-state index is 0.458. The van der Waals surface area contributed by atoms with E-state index in [1.54, 1.807) is 11.6 Å². The molecule has 27 heavy (non-hydrogen) atoms. The molecule has 0 atom stereocenters. The van der Waals surface area contributed by atoms with Gasteiger partial charge in [0, 0.05) is 36.3 Å². The van der Waals surface area contributed by atoms with Gasteiger partial charge in [-0.2, -0.15) is 14.6 Å². The van der Waals surface area contributed by atoms with Crippen LogP contribution in [0.25, 0.3) is 5.78 Å². The zero-order chi connectivity index (χ0) is 18.8. The molecule has 4 rings (SSSR count). The number of benzene rings is 1. The van der Waals surface area contributed by atoms with E-state index in [1.165, 1.54) is 6.33 Å². The second-order valence-electron chi connectivity index (χ2n) is 6.88. The van der Waals surface area contributed by atoms with Crippen LogP contribution in [0.4, 0.5) is 5.82 Å². The van der Waals surface area contributed by atoms with E-state index >= 15 is 0 Å². The zero-order valence-corrected chi connectivity index (χ0v) is 16.6. The summed E-state index contributed by atoms with van der Waals surface area (Å²) in [5.74, 6) is 2.21. The zero-order valence-electron chi connectivity index (χ0n) is 15.1. The molecular formula is C19H21Cl2N5O. The average molecular weight is 406 g/mol. The van der Waals surface area contributed by atoms with Gasteiger partial charge in [0.15, 0.2) is 0 Å². The number of hydrogen-bond donors (Lipinski definition) is 0. The van der Waals surface area contributed by atoms with E-state index in [1.807, 2.05) is 24.3 Å². The number of fused-ring (bicyclic) bond motifs is 1.